The van der Waals surface area contributed by atoms with E-state index in [1.807, 2.05) is 0 Å². The van der Waals surface area contributed by atoms with Gasteiger partial charge in [-0.15, -0.1) is 0 Å². The number of benzene rings is 1. The van der Waals surface area contributed by atoms with E-state index in [9.17, 15) is 14.0 Å². The number of para-hydroxylation sites is 1. The van der Waals surface area contributed by atoms with Crippen molar-refractivity contribution in [2.24, 2.45) is 0 Å². The first-order valence-electron chi connectivity index (χ1n) is 5.85. The van der Waals surface area contributed by atoms with E-state index in [0.29, 0.717) is 0 Å². The number of amides is 2. The van der Waals surface area contributed by atoms with E-state index in [2.05, 4.69) is 0 Å². The summed E-state index contributed by atoms with van der Waals surface area (Å²) < 4.78 is 13.6. The molecule has 0 saturated carbocycles. The summed E-state index contributed by atoms with van der Waals surface area (Å²) >= 11 is 0. The lowest BCUT2D eigenvalue weighted by atomic mass is 10.2. The average molecular weight is 268 g/mol. The first-order valence-corrected chi connectivity index (χ1v) is 5.85. The molecule has 1 N–H and O–H groups in total. The molecule has 0 aliphatic carbocycles. The molecule has 0 fully saturated rings. The van der Waals surface area contributed by atoms with Crippen LogP contribution < -0.4 is 4.90 Å². The molecule has 0 heterocycles. The van der Waals surface area contributed by atoms with Crippen LogP contribution in [0.5, 0.6) is 0 Å². The number of aliphatic carboxylic acids is 1. The van der Waals surface area contributed by atoms with Crippen LogP contribution in [0.25, 0.3) is 0 Å². The maximum absolute atomic E-state index is 13.6. The molecule has 104 valence electrons. The first-order chi connectivity index (χ1) is 8.84. The van der Waals surface area contributed by atoms with E-state index >= 15 is 0 Å². The molecule has 0 radical (unpaired) electrons. The van der Waals surface area contributed by atoms with Gasteiger partial charge in [-0.2, -0.15) is 0 Å². The summed E-state index contributed by atoms with van der Waals surface area (Å²) in [5, 5.41) is 8.80. The van der Waals surface area contributed by atoms with Crippen molar-refractivity contribution in [1.82, 2.24) is 4.90 Å². The number of hydrogen-bond donors (Lipinski definition) is 1. The van der Waals surface area contributed by atoms with Crippen molar-refractivity contribution >= 4 is 17.7 Å². The second-order valence-electron chi connectivity index (χ2n) is 4.41. The number of carbonyl (C=O) groups is 2. The third kappa shape index (κ3) is 3.67. The van der Waals surface area contributed by atoms with Gasteiger partial charge >= 0.3 is 12.0 Å². The fraction of sp³-hybridized carbons (Fsp3) is 0.385. The normalized spacial score (nSPS) is 10.4. The zero-order valence-electron chi connectivity index (χ0n) is 11.1. The quantitative estimate of drug-likeness (QED) is 0.910. The summed E-state index contributed by atoms with van der Waals surface area (Å²) in [4.78, 5) is 25.2. The minimum Gasteiger partial charge on any atom is -0.480 e. The van der Waals surface area contributed by atoms with Crippen molar-refractivity contribution in [3.63, 3.8) is 0 Å². The van der Waals surface area contributed by atoms with Crippen LogP contribution in [-0.4, -0.2) is 41.6 Å². The molecule has 1 aromatic rings. The molecular weight excluding hydrogens is 251 g/mol. The molecule has 0 unspecified atom stereocenters. The Hall–Kier alpha value is -2.11. The number of carboxylic acid groups (broad SMARTS) is 1. The van der Waals surface area contributed by atoms with E-state index in [1.165, 1.54) is 25.2 Å². The fourth-order valence-electron chi connectivity index (χ4n) is 1.64. The van der Waals surface area contributed by atoms with Gasteiger partial charge in [0.05, 0.1) is 5.69 Å². The topological polar surface area (TPSA) is 60.9 Å². The van der Waals surface area contributed by atoms with E-state index in [-0.39, 0.29) is 11.7 Å². The Balaban J connectivity index is 2.97. The summed E-state index contributed by atoms with van der Waals surface area (Å²) in [6.07, 6.45) is 0. The zero-order valence-corrected chi connectivity index (χ0v) is 11.1. The number of anilines is 1. The summed E-state index contributed by atoms with van der Waals surface area (Å²) in [6.45, 7) is 2.99. The van der Waals surface area contributed by atoms with E-state index in [0.717, 1.165) is 9.80 Å². The Labute approximate surface area is 111 Å². The maximum Gasteiger partial charge on any atom is 0.325 e. The van der Waals surface area contributed by atoms with Crippen molar-refractivity contribution < 1.29 is 19.1 Å². The predicted molar refractivity (Wildman–Crippen MR) is 69.7 cm³/mol. The minimum atomic E-state index is -1.11. The lowest BCUT2D eigenvalue weighted by molar-refractivity contribution is -0.137. The maximum atomic E-state index is 13.6. The van der Waals surface area contributed by atoms with Crippen LogP contribution in [0, 0.1) is 5.82 Å². The van der Waals surface area contributed by atoms with Gasteiger partial charge in [-0.3, -0.25) is 9.69 Å². The summed E-state index contributed by atoms with van der Waals surface area (Å²) in [7, 11) is 1.41. The third-order valence-electron chi connectivity index (χ3n) is 2.68. The van der Waals surface area contributed by atoms with Crippen molar-refractivity contribution in [3.05, 3.63) is 30.1 Å². The van der Waals surface area contributed by atoms with E-state index in [4.69, 9.17) is 5.11 Å². The van der Waals surface area contributed by atoms with Gasteiger partial charge in [-0.05, 0) is 26.0 Å². The third-order valence-corrected chi connectivity index (χ3v) is 2.68. The van der Waals surface area contributed by atoms with Crippen LogP contribution in [0.3, 0.4) is 0 Å². The van der Waals surface area contributed by atoms with Crippen LogP contribution in [0.2, 0.25) is 0 Å². The van der Waals surface area contributed by atoms with Crippen LogP contribution >= 0.6 is 0 Å². The highest BCUT2D eigenvalue weighted by Gasteiger charge is 2.25. The molecule has 0 aromatic heterocycles. The number of halogens is 1. The van der Waals surface area contributed by atoms with Crippen molar-refractivity contribution in [2.75, 3.05) is 18.5 Å². The van der Waals surface area contributed by atoms with Crippen molar-refractivity contribution in [1.29, 1.82) is 0 Å². The largest absolute Gasteiger partial charge is 0.480 e. The minimum absolute atomic E-state index is 0.114. The van der Waals surface area contributed by atoms with Crippen LogP contribution in [0.1, 0.15) is 13.8 Å². The predicted octanol–water partition coefficient (Wildman–Crippen LogP) is 2.18. The highest BCUT2D eigenvalue weighted by molar-refractivity contribution is 5.93. The van der Waals surface area contributed by atoms with Crippen LogP contribution in [-0.2, 0) is 4.79 Å². The molecule has 19 heavy (non-hydrogen) atoms. The second-order valence-corrected chi connectivity index (χ2v) is 4.41. The summed E-state index contributed by atoms with van der Waals surface area (Å²) in [5.41, 5.74) is 0.114. The Bertz CT molecular complexity index is 477. The molecule has 2 amide bonds. The lowest BCUT2D eigenvalue weighted by Gasteiger charge is -2.30. The highest BCUT2D eigenvalue weighted by Crippen LogP contribution is 2.19. The molecule has 0 spiro atoms. The smallest absolute Gasteiger partial charge is 0.325 e. The van der Waals surface area contributed by atoms with Crippen molar-refractivity contribution in [2.45, 2.75) is 19.9 Å². The molecule has 0 bridgehead atoms. The van der Waals surface area contributed by atoms with Crippen LogP contribution in [0.4, 0.5) is 14.9 Å². The Morgan fingerprint density at radius 3 is 2.37 bits per heavy atom. The molecule has 0 aliphatic rings. The molecule has 0 atom stereocenters. The Morgan fingerprint density at radius 2 is 1.89 bits per heavy atom. The molecule has 1 aromatic carbocycles. The van der Waals surface area contributed by atoms with Gasteiger partial charge in [-0.25, -0.2) is 9.18 Å². The van der Waals surface area contributed by atoms with E-state index < -0.39 is 24.4 Å². The molecule has 0 saturated heterocycles. The Kier molecular flexibility index (Phi) is 4.86. The lowest BCUT2D eigenvalue weighted by Crippen LogP contribution is -2.47. The van der Waals surface area contributed by atoms with Crippen LogP contribution in [0.15, 0.2) is 24.3 Å². The number of hydrogen-bond acceptors (Lipinski definition) is 2. The summed E-state index contributed by atoms with van der Waals surface area (Å²) in [6, 6.07) is 5.00. The number of rotatable bonds is 4. The fourth-order valence-corrected chi connectivity index (χ4v) is 1.64. The molecular formula is C13H17FN2O3. The van der Waals surface area contributed by atoms with Gasteiger partial charge < -0.3 is 10.0 Å². The molecule has 0 aliphatic heterocycles. The highest BCUT2D eigenvalue weighted by atomic mass is 19.1. The molecule has 6 heteroatoms. The van der Waals surface area contributed by atoms with Gasteiger partial charge in [0.2, 0.25) is 0 Å². The number of nitrogens with zero attached hydrogens (tertiary/aromatic N) is 2. The van der Waals surface area contributed by atoms with Gasteiger partial charge in [0.15, 0.2) is 0 Å². The molecule has 5 nitrogen and oxygen atoms in total. The van der Waals surface area contributed by atoms with E-state index in [1.54, 1.807) is 19.9 Å². The summed E-state index contributed by atoms with van der Waals surface area (Å²) in [5.74, 6) is -1.64. The SMILES string of the molecule is CC(C)N(CC(=O)O)C(=O)N(C)c1ccccc1F. The monoisotopic (exact) mass is 268 g/mol. The van der Waals surface area contributed by atoms with Gasteiger partial charge in [-0.1, -0.05) is 12.1 Å². The van der Waals surface area contributed by atoms with Gasteiger partial charge in [0.25, 0.3) is 0 Å². The van der Waals surface area contributed by atoms with Gasteiger partial charge in [0, 0.05) is 13.1 Å². The second kappa shape index (κ2) is 6.17. The standard InChI is InChI=1S/C13H17FN2O3/c1-9(2)16(8-12(17)18)13(19)15(3)11-7-5-4-6-10(11)14/h4-7,9H,8H2,1-3H3,(H,17,18). The Morgan fingerprint density at radius 1 is 1.32 bits per heavy atom. The number of carboxylic acids is 1. The first kappa shape index (κ1) is 14.9. The zero-order chi connectivity index (χ0) is 14.6. The number of carbonyl (C=O) groups excluding carboxylic acids is 1. The average Bonchev–Trinajstić information content (AvgIpc) is 2.34. The van der Waals surface area contributed by atoms with Crippen molar-refractivity contribution in [3.8, 4) is 0 Å². The number of urea groups is 1. The molecule has 1 rings (SSSR count). The van der Waals surface area contributed by atoms with Gasteiger partial charge in [0.1, 0.15) is 12.4 Å².